The normalized spacial score (nSPS) is 18.3. The second kappa shape index (κ2) is 10.4. The Kier molecular flexibility index (Phi) is 6.81. The summed E-state index contributed by atoms with van der Waals surface area (Å²) in [6, 6.07) is 14.2. The maximum Gasteiger partial charge on any atom is 0.410 e. The lowest BCUT2D eigenvalue weighted by atomic mass is 9.85. The summed E-state index contributed by atoms with van der Waals surface area (Å²) in [6.07, 6.45) is 3.73. The number of ether oxygens (including phenoxy) is 2. The molecule has 1 saturated heterocycles. The summed E-state index contributed by atoms with van der Waals surface area (Å²) in [5.41, 5.74) is 0.319. The second-order valence-corrected chi connectivity index (χ2v) is 11.9. The number of likely N-dealkylation sites (tertiary alicyclic amines) is 1. The second-order valence-electron chi connectivity index (χ2n) is 11.5. The highest BCUT2D eigenvalue weighted by Crippen LogP contribution is 2.41. The van der Waals surface area contributed by atoms with Gasteiger partial charge >= 0.3 is 6.09 Å². The zero-order valence-electron chi connectivity index (χ0n) is 23.4. The number of halogens is 1. The quantitative estimate of drug-likeness (QED) is 0.237. The van der Waals surface area contributed by atoms with Gasteiger partial charge in [-0.05, 0) is 57.9 Å². The van der Waals surface area contributed by atoms with E-state index in [1.165, 1.54) is 6.20 Å². The number of aromatic amines is 1. The average molecular weight is 588 g/mol. The predicted molar refractivity (Wildman–Crippen MR) is 160 cm³/mol. The van der Waals surface area contributed by atoms with Gasteiger partial charge in [-0.25, -0.2) is 9.78 Å². The van der Waals surface area contributed by atoms with Crippen molar-refractivity contribution in [2.45, 2.75) is 44.8 Å². The standard InChI is InChI=1S/C31H30ClN5O5/c1-30(2,3)42-29(40)37-13-7-12-31(17-37)28(39)35-23-16-34-27-24(25(23)36-31)21(15-33-27)26(38)20-11-10-19(14-22(20)32)41-18-8-5-4-6-9-18/h4-6,8-11,14-16,36H,7,12-13,17H2,1-3H3,(H,33,34)(H,35,39). The van der Waals surface area contributed by atoms with Crippen LogP contribution >= 0.6 is 11.6 Å². The van der Waals surface area contributed by atoms with Crippen molar-refractivity contribution in [2.24, 2.45) is 0 Å². The Hall–Kier alpha value is -4.57. The van der Waals surface area contributed by atoms with Gasteiger partial charge in [0.15, 0.2) is 5.78 Å². The number of pyridine rings is 1. The molecule has 1 fully saturated rings. The van der Waals surface area contributed by atoms with Crippen LogP contribution in [0.4, 0.5) is 16.2 Å². The molecule has 3 N–H and O–H groups in total. The number of H-pyrrole nitrogens is 1. The van der Waals surface area contributed by atoms with E-state index in [9.17, 15) is 14.4 Å². The molecular weight excluding hydrogens is 558 g/mol. The van der Waals surface area contributed by atoms with Crippen molar-refractivity contribution in [3.05, 3.63) is 77.1 Å². The number of benzene rings is 2. The molecule has 2 aliphatic rings. The molecule has 0 radical (unpaired) electrons. The predicted octanol–water partition coefficient (Wildman–Crippen LogP) is 6.37. The molecular formula is C31H30ClN5O5. The number of piperidine rings is 1. The van der Waals surface area contributed by atoms with Crippen LogP contribution in [0.1, 0.15) is 49.5 Å². The van der Waals surface area contributed by atoms with Crippen LogP contribution in [0.5, 0.6) is 11.5 Å². The van der Waals surface area contributed by atoms with Gasteiger partial charge in [0.2, 0.25) is 0 Å². The highest BCUT2D eigenvalue weighted by atomic mass is 35.5. The summed E-state index contributed by atoms with van der Waals surface area (Å²) < 4.78 is 11.4. The van der Waals surface area contributed by atoms with Crippen LogP contribution in [0.25, 0.3) is 11.0 Å². The first-order valence-electron chi connectivity index (χ1n) is 13.7. The molecule has 2 aromatic heterocycles. The summed E-state index contributed by atoms with van der Waals surface area (Å²) in [4.78, 5) is 49.2. The fraction of sp³-hybridized carbons (Fsp3) is 0.290. The molecule has 1 atom stereocenters. The molecule has 216 valence electrons. The van der Waals surface area contributed by atoms with Gasteiger partial charge in [-0.1, -0.05) is 29.8 Å². The number of nitrogens with one attached hydrogen (secondary N) is 3. The van der Waals surface area contributed by atoms with Crippen LogP contribution < -0.4 is 15.4 Å². The van der Waals surface area contributed by atoms with Crippen molar-refractivity contribution in [3.63, 3.8) is 0 Å². The highest BCUT2D eigenvalue weighted by molar-refractivity contribution is 6.36. The van der Waals surface area contributed by atoms with Gasteiger partial charge < -0.3 is 30.0 Å². The summed E-state index contributed by atoms with van der Waals surface area (Å²) in [5.74, 6) is 0.556. The number of carbonyl (C=O) groups excluding carboxylic acids is 3. The first kappa shape index (κ1) is 27.6. The van der Waals surface area contributed by atoms with Gasteiger partial charge in [-0.3, -0.25) is 9.59 Å². The summed E-state index contributed by atoms with van der Waals surface area (Å²) in [6.45, 7) is 5.99. The Bertz CT molecular complexity index is 1710. The third-order valence-electron chi connectivity index (χ3n) is 7.30. The van der Waals surface area contributed by atoms with Gasteiger partial charge in [0.25, 0.3) is 5.91 Å². The number of carbonyl (C=O) groups is 3. The van der Waals surface area contributed by atoms with E-state index in [0.717, 1.165) is 0 Å². The monoisotopic (exact) mass is 587 g/mol. The fourth-order valence-corrected chi connectivity index (χ4v) is 5.63. The molecule has 0 aliphatic carbocycles. The number of rotatable bonds is 4. The van der Waals surface area contributed by atoms with Crippen LogP contribution in [0.2, 0.25) is 5.02 Å². The van der Waals surface area contributed by atoms with Crippen molar-refractivity contribution >= 4 is 51.8 Å². The number of anilines is 2. The number of amides is 2. The van der Waals surface area contributed by atoms with E-state index in [2.05, 4.69) is 20.6 Å². The van der Waals surface area contributed by atoms with E-state index in [0.29, 0.717) is 64.4 Å². The van der Waals surface area contributed by atoms with Crippen molar-refractivity contribution < 1.29 is 23.9 Å². The molecule has 1 unspecified atom stereocenters. The van der Waals surface area contributed by atoms with Gasteiger partial charge in [-0.15, -0.1) is 0 Å². The zero-order chi connectivity index (χ0) is 29.6. The molecule has 42 heavy (non-hydrogen) atoms. The van der Waals surface area contributed by atoms with Crippen molar-refractivity contribution in [1.82, 2.24) is 14.9 Å². The van der Waals surface area contributed by atoms with Gasteiger partial charge in [-0.2, -0.15) is 0 Å². The van der Waals surface area contributed by atoms with Crippen LogP contribution in [-0.2, 0) is 9.53 Å². The average Bonchev–Trinajstić information content (AvgIpc) is 3.38. The van der Waals surface area contributed by atoms with Crippen LogP contribution in [-0.4, -0.2) is 56.9 Å². The first-order valence-corrected chi connectivity index (χ1v) is 14.1. The largest absolute Gasteiger partial charge is 0.457 e. The van der Waals surface area contributed by atoms with Gasteiger partial charge in [0.05, 0.1) is 40.1 Å². The Morgan fingerprint density at radius 3 is 2.60 bits per heavy atom. The van der Waals surface area contributed by atoms with Crippen molar-refractivity contribution in [2.75, 3.05) is 23.7 Å². The SMILES string of the molecule is CC(C)(C)OC(=O)N1CCCC2(C1)Nc1c(cnc3[nH]cc(C(=O)c4ccc(Oc5ccccc5)cc4Cl)c13)NC2=O. The minimum atomic E-state index is -1.11. The van der Waals surface area contributed by atoms with Gasteiger partial charge in [0.1, 0.15) is 28.3 Å². The van der Waals surface area contributed by atoms with E-state index in [-0.39, 0.29) is 23.3 Å². The molecule has 6 rings (SSSR count). The maximum absolute atomic E-state index is 13.8. The van der Waals surface area contributed by atoms with E-state index in [1.54, 1.807) is 50.1 Å². The topological polar surface area (TPSA) is 126 Å². The Labute approximate surface area is 247 Å². The van der Waals surface area contributed by atoms with Crippen molar-refractivity contribution in [1.29, 1.82) is 0 Å². The molecule has 4 aromatic rings. The molecule has 0 saturated carbocycles. The van der Waals surface area contributed by atoms with Gasteiger partial charge in [0, 0.05) is 24.4 Å². The first-order chi connectivity index (χ1) is 20.0. The number of hydrogen-bond donors (Lipinski definition) is 3. The van der Waals surface area contributed by atoms with Crippen molar-refractivity contribution in [3.8, 4) is 11.5 Å². The van der Waals surface area contributed by atoms with E-state index >= 15 is 0 Å². The maximum atomic E-state index is 13.8. The summed E-state index contributed by atoms with van der Waals surface area (Å²) in [5, 5.41) is 7.11. The number of para-hydroxylation sites is 1. The number of nitrogens with zero attached hydrogens (tertiary/aromatic N) is 2. The molecule has 1 spiro atoms. The Balaban J connectivity index is 1.32. The minimum absolute atomic E-state index is 0.111. The number of ketones is 1. The highest BCUT2D eigenvalue weighted by Gasteiger charge is 2.47. The number of fused-ring (bicyclic) bond motifs is 3. The Morgan fingerprint density at radius 1 is 1.07 bits per heavy atom. The summed E-state index contributed by atoms with van der Waals surface area (Å²) >= 11 is 6.58. The fourth-order valence-electron chi connectivity index (χ4n) is 5.38. The third-order valence-corrected chi connectivity index (χ3v) is 7.61. The number of aromatic nitrogens is 2. The molecule has 11 heteroatoms. The lowest BCUT2D eigenvalue weighted by molar-refractivity contribution is -0.122. The molecule has 2 aromatic carbocycles. The number of hydrogen-bond acceptors (Lipinski definition) is 7. The third kappa shape index (κ3) is 5.14. The van der Waals surface area contributed by atoms with Crippen LogP contribution in [0, 0.1) is 0 Å². The van der Waals surface area contributed by atoms with E-state index in [4.69, 9.17) is 21.1 Å². The minimum Gasteiger partial charge on any atom is -0.457 e. The molecule has 2 aliphatic heterocycles. The van der Waals surface area contributed by atoms with Crippen LogP contribution in [0.15, 0.2) is 60.9 Å². The van der Waals surface area contributed by atoms with Crippen LogP contribution in [0.3, 0.4) is 0 Å². The molecule has 0 bridgehead atoms. The Morgan fingerprint density at radius 2 is 1.86 bits per heavy atom. The molecule has 2 amide bonds. The lowest BCUT2D eigenvalue weighted by Crippen LogP contribution is -2.62. The zero-order valence-corrected chi connectivity index (χ0v) is 24.2. The van der Waals surface area contributed by atoms with E-state index in [1.807, 2.05) is 30.3 Å². The lowest BCUT2D eigenvalue weighted by Gasteiger charge is -2.45. The molecule has 4 heterocycles. The smallest absolute Gasteiger partial charge is 0.410 e. The van der Waals surface area contributed by atoms with E-state index < -0.39 is 17.2 Å². The summed E-state index contributed by atoms with van der Waals surface area (Å²) in [7, 11) is 0. The molecule has 10 nitrogen and oxygen atoms in total.